The topological polar surface area (TPSA) is 85.5 Å². The molecular formula is C27H25N5O3S. The number of rotatable bonds is 6. The molecule has 1 fully saturated rings. The number of hydrogen-bond donors (Lipinski definition) is 1. The van der Waals surface area contributed by atoms with Gasteiger partial charge in [-0.25, -0.2) is 0 Å². The average molecular weight is 500 g/mol. The van der Waals surface area contributed by atoms with Gasteiger partial charge in [0, 0.05) is 23.3 Å². The molecule has 1 N–H and O–H groups in total. The molecule has 2 aromatic heterocycles. The van der Waals surface area contributed by atoms with Gasteiger partial charge in [-0.1, -0.05) is 24.3 Å². The van der Waals surface area contributed by atoms with Crippen LogP contribution >= 0.6 is 12.2 Å². The van der Waals surface area contributed by atoms with Crippen LogP contribution in [0.4, 0.5) is 11.4 Å². The lowest BCUT2D eigenvalue weighted by molar-refractivity contribution is -0.384. The molecule has 36 heavy (non-hydrogen) atoms. The molecule has 0 radical (unpaired) electrons. The summed E-state index contributed by atoms with van der Waals surface area (Å²) >= 11 is 5.81. The molecule has 1 aliphatic heterocycles. The number of thiocarbonyl (C=S) groups is 1. The molecule has 2 aromatic carbocycles. The first-order valence-corrected chi connectivity index (χ1v) is 11.9. The van der Waals surface area contributed by atoms with Gasteiger partial charge in [0.05, 0.1) is 35.9 Å². The van der Waals surface area contributed by atoms with Crippen molar-refractivity contribution >= 4 is 28.7 Å². The largest absolute Gasteiger partial charge is 0.496 e. The smallest absolute Gasteiger partial charge is 0.296 e. The highest BCUT2D eigenvalue weighted by atomic mass is 32.1. The lowest BCUT2D eigenvalue weighted by Gasteiger charge is -2.28. The van der Waals surface area contributed by atoms with Crippen LogP contribution in [-0.4, -0.2) is 26.7 Å². The Labute approximate surface area is 214 Å². The number of pyridine rings is 1. The zero-order valence-corrected chi connectivity index (χ0v) is 20.9. The third kappa shape index (κ3) is 3.97. The van der Waals surface area contributed by atoms with E-state index in [4.69, 9.17) is 17.0 Å². The van der Waals surface area contributed by atoms with E-state index in [1.807, 2.05) is 66.9 Å². The zero-order valence-electron chi connectivity index (χ0n) is 20.1. The van der Waals surface area contributed by atoms with Crippen LogP contribution in [0.5, 0.6) is 5.75 Å². The maximum absolute atomic E-state index is 12.0. The maximum Gasteiger partial charge on any atom is 0.296 e. The fourth-order valence-corrected chi connectivity index (χ4v) is 5.31. The molecule has 9 heteroatoms. The molecule has 2 atom stereocenters. The number of aryl methyl sites for hydroxylation is 1. The number of para-hydroxylation sites is 1. The summed E-state index contributed by atoms with van der Waals surface area (Å²) in [6.07, 6.45) is 1.77. The van der Waals surface area contributed by atoms with E-state index < -0.39 is 0 Å². The van der Waals surface area contributed by atoms with Crippen LogP contribution in [0.1, 0.15) is 34.7 Å². The number of nitro groups is 1. The predicted molar refractivity (Wildman–Crippen MR) is 143 cm³/mol. The normalized spacial score (nSPS) is 17.2. The van der Waals surface area contributed by atoms with Crippen molar-refractivity contribution in [1.29, 1.82) is 0 Å². The second-order valence-electron chi connectivity index (χ2n) is 8.61. The zero-order chi connectivity index (χ0) is 25.4. The molecule has 182 valence electrons. The highest BCUT2D eigenvalue weighted by molar-refractivity contribution is 7.80. The summed E-state index contributed by atoms with van der Waals surface area (Å²) in [7, 11) is 1.49. The van der Waals surface area contributed by atoms with Gasteiger partial charge in [0.1, 0.15) is 11.4 Å². The van der Waals surface area contributed by atoms with E-state index in [9.17, 15) is 10.1 Å². The highest BCUT2D eigenvalue weighted by Crippen LogP contribution is 2.44. The lowest BCUT2D eigenvalue weighted by atomic mass is 9.96. The third-order valence-corrected chi connectivity index (χ3v) is 6.86. The second kappa shape index (κ2) is 9.43. The first-order chi connectivity index (χ1) is 17.4. The van der Waals surface area contributed by atoms with Gasteiger partial charge in [0.25, 0.3) is 5.69 Å². The Morgan fingerprint density at radius 2 is 1.81 bits per heavy atom. The number of benzene rings is 2. The fraction of sp³-hybridized carbons (Fsp3) is 0.185. The molecule has 0 aliphatic carbocycles. The number of nitrogens with one attached hydrogen (secondary N) is 1. The Bertz CT molecular complexity index is 1440. The van der Waals surface area contributed by atoms with Gasteiger partial charge in [0.2, 0.25) is 0 Å². The Kier molecular flexibility index (Phi) is 6.15. The standard InChI is InChI=1S/C27H25N5O3S/c1-17-15-21(18(2)30(17)23-13-12-20(35-3)16-24(23)32(33)34)26-25(22-11-7-8-14-28-22)29-27(36)31(26)19-9-5-4-6-10-19/h4-16,25-26H,1-3H3,(H,29,36)/t25-,26-/m0/s1. The van der Waals surface area contributed by atoms with Crippen LogP contribution in [0.25, 0.3) is 5.69 Å². The highest BCUT2D eigenvalue weighted by Gasteiger charge is 2.42. The van der Waals surface area contributed by atoms with E-state index in [0.29, 0.717) is 16.5 Å². The van der Waals surface area contributed by atoms with Crippen molar-refractivity contribution in [2.24, 2.45) is 0 Å². The number of nitrogens with zero attached hydrogens (tertiary/aromatic N) is 4. The molecule has 1 aliphatic rings. The number of anilines is 1. The van der Waals surface area contributed by atoms with Gasteiger partial charge in [0.15, 0.2) is 5.11 Å². The van der Waals surface area contributed by atoms with E-state index in [1.165, 1.54) is 13.2 Å². The minimum absolute atomic E-state index is 0.0241. The van der Waals surface area contributed by atoms with Crippen molar-refractivity contribution < 1.29 is 9.66 Å². The molecule has 0 saturated carbocycles. The quantitative estimate of drug-likeness (QED) is 0.210. The van der Waals surface area contributed by atoms with Crippen molar-refractivity contribution in [1.82, 2.24) is 14.9 Å². The number of ether oxygens (including phenoxy) is 1. The van der Waals surface area contributed by atoms with Crippen molar-refractivity contribution in [3.8, 4) is 11.4 Å². The van der Waals surface area contributed by atoms with Crippen LogP contribution in [-0.2, 0) is 0 Å². The van der Waals surface area contributed by atoms with E-state index in [2.05, 4.69) is 21.3 Å². The molecule has 8 nitrogen and oxygen atoms in total. The van der Waals surface area contributed by atoms with Crippen LogP contribution in [0.15, 0.2) is 79.0 Å². The lowest BCUT2D eigenvalue weighted by Crippen LogP contribution is -2.29. The summed E-state index contributed by atoms with van der Waals surface area (Å²) in [6.45, 7) is 3.93. The van der Waals surface area contributed by atoms with Crippen molar-refractivity contribution in [2.75, 3.05) is 12.0 Å². The number of methoxy groups -OCH3 is 1. The van der Waals surface area contributed by atoms with Gasteiger partial charge in [-0.3, -0.25) is 15.1 Å². The molecule has 0 unspecified atom stereocenters. The summed E-state index contributed by atoms with van der Waals surface area (Å²) in [4.78, 5) is 18.3. The minimum Gasteiger partial charge on any atom is -0.496 e. The number of nitro benzene ring substituents is 1. The van der Waals surface area contributed by atoms with Crippen molar-refractivity contribution in [3.05, 3.63) is 112 Å². The summed E-state index contributed by atoms with van der Waals surface area (Å²) in [6, 6.07) is 22.4. The van der Waals surface area contributed by atoms with Crippen molar-refractivity contribution in [3.63, 3.8) is 0 Å². The molecule has 5 rings (SSSR count). The number of aromatic nitrogens is 2. The fourth-order valence-electron chi connectivity index (χ4n) is 4.96. The van der Waals surface area contributed by atoms with Crippen molar-refractivity contribution in [2.45, 2.75) is 25.9 Å². The maximum atomic E-state index is 12.0. The SMILES string of the molecule is COc1ccc(-n2c(C)cc([C@H]3[C@H](c4ccccn4)NC(=S)N3c3ccccc3)c2C)c([N+](=O)[O-])c1. The monoisotopic (exact) mass is 499 g/mol. The summed E-state index contributed by atoms with van der Waals surface area (Å²) < 4.78 is 7.15. The predicted octanol–water partition coefficient (Wildman–Crippen LogP) is 5.58. The van der Waals surface area contributed by atoms with E-state index >= 15 is 0 Å². The van der Waals surface area contributed by atoms with E-state index in [0.717, 1.165) is 28.3 Å². The number of hydrogen-bond acceptors (Lipinski definition) is 5. The second-order valence-corrected chi connectivity index (χ2v) is 8.99. The van der Waals surface area contributed by atoms with Gasteiger partial charge in [-0.15, -0.1) is 0 Å². The average Bonchev–Trinajstić information content (AvgIpc) is 3.39. The molecule has 0 bridgehead atoms. The molecule has 4 aromatic rings. The van der Waals surface area contributed by atoms with Gasteiger partial charge in [-0.2, -0.15) is 0 Å². The first kappa shape index (κ1) is 23.5. The van der Waals surface area contributed by atoms with Crippen LogP contribution in [0.3, 0.4) is 0 Å². The van der Waals surface area contributed by atoms with Crippen LogP contribution in [0, 0.1) is 24.0 Å². The Balaban J connectivity index is 1.70. The molecule has 1 saturated heterocycles. The molecule has 0 spiro atoms. The Morgan fingerprint density at radius 3 is 2.47 bits per heavy atom. The molecule has 3 heterocycles. The third-order valence-electron chi connectivity index (χ3n) is 6.54. The summed E-state index contributed by atoms with van der Waals surface area (Å²) in [5.74, 6) is 0.434. The van der Waals surface area contributed by atoms with Gasteiger partial charge < -0.3 is 19.5 Å². The summed E-state index contributed by atoms with van der Waals surface area (Å²) in [5, 5.41) is 16.0. The van der Waals surface area contributed by atoms with Gasteiger partial charge in [-0.05, 0) is 74.1 Å². The molecular weight excluding hydrogens is 474 g/mol. The minimum atomic E-state index is -0.379. The van der Waals surface area contributed by atoms with Crippen LogP contribution < -0.4 is 15.0 Å². The summed E-state index contributed by atoms with van der Waals surface area (Å²) in [5.41, 5.74) is 5.05. The first-order valence-electron chi connectivity index (χ1n) is 11.5. The van der Waals surface area contributed by atoms with Gasteiger partial charge >= 0.3 is 0 Å². The Morgan fingerprint density at radius 1 is 1.06 bits per heavy atom. The van der Waals surface area contributed by atoms with E-state index in [1.54, 1.807) is 18.3 Å². The van der Waals surface area contributed by atoms with E-state index in [-0.39, 0.29) is 22.7 Å². The van der Waals surface area contributed by atoms with Crippen LogP contribution in [0.2, 0.25) is 0 Å². The Hall–Kier alpha value is -4.24. The molecule has 0 amide bonds.